The Labute approximate surface area is 126 Å². The first kappa shape index (κ1) is 15.8. The zero-order valence-corrected chi connectivity index (χ0v) is 13.2. The molecule has 5 heteroatoms. The second-order valence-electron chi connectivity index (χ2n) is 5.55. The third-order valence-electron chi connectivity index (χ3n) is 3.81. The van der Waals surface area contributed by atoms with E-state index in [1.807, 2.05) is 39.0 Å². The molecule has 0 radical (unpaired) electrons. The summed E-state index contributed by atoms with van der Waals surface area (Å²) in [5, 5.41) is 2.97. The molecule has 1 heterocycles. The molecule has 21 heavy (non-hydrogen) atoms. The number of aryl methyl sites for hydroxylation is 1. The molecule has 1 amide bonds. The molecule has 0 aliphatic carbocycles. The van der Waals surface area contributed by atoms with Crippen LogP contribution in [0.4, 0.5) is 5.69 Å². The van der Waals surface area contributed by atoms with Crippen LogP contribution in [0.5, 0.6) is 5.75 Å². The summed E-state index contributed by atoms with van der Waals surface area (Å²) in [6.07, 6.45) is 0.169. The van der Waals surface area contributed by atoms with E-state index >= 15 is 0 Å². The number of ether oxygens (including phenoxy) is 2. The Kier molecular flexibility index (Phi) is 5.20. The van der Waals surface area contributed by atoms with Crippen molar-refractivity contribution in [1.29, 1.82) is 0 Å². The number of carbonyl (C=O) groups is 1. The zero-order chi connectivity index (χ0) is 15.4. The summed E-state index contributed by atoms with van der Waals surface area (Å²) in [5.41, 5.74) is 1.80. The topological polar surface area (TPSA) is 50.8 Å². The van der Waals surface area contributed by atoms with Crippen molar-refractivity contribution in [1.82, 2.24) is 4.90 Å². The lowest BCUT2D eigenvalue weighted by Gasteiger charge is -2.34. The van der Waals surface area contributed by atoms with Crippen molar-refractivity contribution in [2.45, 2.75) is 32.9 Å². The number of nitrogens with zero attached hydrogens (tertiary/aromatic N) is 1. The van der Waals surface area contributed by atoms with Gasteiger partial charge >= 0.3 is 0 Å². The van der Waals surface area contributed by atoms with Crippen LogP contribution in [0.25, 0.3) is 0 Å². The number of methoxy groups -OCH3 is 1. The first-order chi connectivity index (χ1) is 10.0. The van der Waals surface area contributed by atoms with Gasteiger partial charge in [-0.3, -0.25) is 9.69 Å². The van der Waals surface area contributed by atoms with Gasteiger partial charge in [0, 0.05) is 13.1 Å². The van der Waals surface area contributed by atoms with Crippen LogP contribution < -0.4 is 10.1 Å². The summed E-state index contributed by atoms with van der Waals surface area (Å²) in [7, 11) is 1.60. The number of hydrogen-bond donors (Lipinski definition) is 1. The van der Waals surface area contributed by atoms with E-state index in [2.05, 4.69) is 10.2 Å². The van der Waals surface area contributed by atoms with Crippen molar-refractivity contribution in [3.8, 4) is 5.75 Å². The SMILES string of the molecule is COc1ccc(C)cc1NC(=O)[C@H](C)N1CCO[C@@H](C)C1. The number of rotatable bonds is 4. The molecule has 0 spiro atoms. The minimum Gasteiger partial charge on any atom is -0.495 e. The second kappa shape index (κ2) is 6.91. The van der Waals surface area contributed by atoms with Crippen LogP contribution in [0.15, 0.2) is 18.2 Å². The lowest BCUT2D eigenvalue weighted by Crippen LogP contribution is -2.50. The molecule has 1 aromatic rings. The largest absolute Gasteiger partial charge is 0.495 e. The van der Waals surface area contributed by atoms with E-state index in [1.54, 1.807) is 7.11 Å². The smallest absolute Gasteiger partial charge is 0.241 e. The Morgan fingerprint density at radius 2 is 2.29 bits per heavy atom. The fraction of sp³-hybridized carbons (Fsp3) is 0.562. The van der Waals surface area contributed by atoms with Gasteiger partial charge in [-0.25, -0.2) is 0 Å². The van der Waals surface area contributed by atoms with Crippen LogP contribution in [0.2, 0.25) is 0 Å². The molecule has 1 saturated heterocycles. The molecule has 1 fully saturated rings. The molecule has 1 aromatic carbocycles. The van der Waals surface area contributed by atoms with E-state index in [4.69, 9.17) is 9.47 Å². The van der Waals surface area contributed by atoms with Gasteiger partial charge in [0.1, 0.15) is 5.75 Å². The number of carbonyl (C=O) groups excluding carboxylic acids is 1. The summed E-state index contributed by atoms with van der Waals surface area (Å²) in [4.78, 5) is 14.6. The summed E-state index contributed by atoms with van der Waals surface area (Å²) < 4.78 is 10.8. The molecule has 0 unspecified atom stereocenters. The Balaban J connectivity index is 2.05. The highest BCUT2D eigenvalue weighted by molar-refractivity contribution is 5.95. The second-order valence-corrected chi connectivity index (χ2v) is 5.55. The maximum atomic E-state index is 12.4. The van der Waals surface area contributed by atoms with Gasteiger partial charge in [-0.05, 0) is 38.5 Å². The molecule has 2 rings (SSSR count). The number of amides is 1. The van der Waals surface area contributed by atoms with Crippen molar-refractivity contribution in [2.75, 3.05) is 32.1 Å². The van der Waals surface area contributed by atoms with Crippen LogP contribution in [0.1, 0.15) is 19.4 Å². The predicted octanol–water partition coefficient (Wildman–Crippen LogP) is 2.05. The van der Waals surface area contributed by atoms with E-state index in [9.17, 15) is 4.79 Å². The molecule has 0 saturated carbocycles. The summed E-state index contributed by atoms with van der Waals surface area (Å²) in [5.74, 6) is 0.657. The first-order valence-electron chi connectivity index (χ1n) is 7.32. The van der Waals surface area contributed by atoms with Crippen LogP contribution in [0.3, 0.4) is 0 Å². The van der Waals surface area contributed by atoms with Crippen molar-refractivity contribution < 1.29 is 14.3 Å². The highest BCUT2D eigenvalue weighted by atomic mass is 16.5. The molecule has 0 aromatic heterocycles. The molecule has 1 N–H and O–H groups in total. The Morgan fingerprint density at radius 3 is 2.95 bits per heavy atom. The maximum Gasteiger partial charge on any atom is 0.241 e. The molecule has 1 aliphatic rings. The highest BCUT2D eigenvalue weighted by Crippen LogP contribution is 2.25. The van der Waals surface area contributed by atoms with Crippen LogP contribution >= 0.6 is 0 Å². The Morgan fingerprint density at radius 1 is 1.52 bits per heavy atom. The van der Waals surface area contributed by atoms with Crippen molar-refractivity contribution in [3.05, 3.63) is 23.8 Å². The summed E-state index contributed by atoms with van der Waals surface area (Å²) >= 11 is 0. The third-order valence-corrected chi connectivity index (χ3v) is 3.81. The average Bonchev–Trinajstić information content (AvgIpc) is 2.46. The van der Waals surface area contributed by atoms with Crippen LogP contribution in [-0.4, -0.2) is 49.8 Å². The van der Waals surface area contributed by atoms with E-state index < -0.39 is 0 Å². The summed E-state index contributed by atoms with van der Waals surface area (Å²) in [6.45, 7) is 8.17. The molecular formula is C16H24N2O3. The van der Waals surface area contributed by atoms with Crippen molar-refractivity contribution in [2.24, 2.45) is 0 Å². The fourth-order valence-electron chi connectivity index (χ4n) is 2.52. The van der Waals surface area contributed by atoms with E-state index in [0.717, 1.165) is 24.3 Å². The van der Waals surface area contributed by atoms with Crippen molar-refractivity contribution >= 4 is 11.6 Å². The van der Waals surface area contributed by atoms with E-state index in [0.29, 0.717) is 12.4 Å². The quantitative estimate of drug-likeness (QED) is 0.923. The number of nitrogens with one attached hydrogen (secondary N) is 1. The van der Waals surface area contributed by atoms with Gasteiger partial charge in [0.2, 0.25) is 5.91 Å². The predicted molar refractivity (Wildman–Crippen MR) is 82.8 cm³/mol. The van der Waals surface area contributed by atoms with Gasteiger partial charge in [0.25, 0.3) is 0 Å². The number of morpholine rings is 1. The molecule has 0 bridgehead atoms. The average molecular weight is 292 g/mol. The molecular weight excluding hydrogens is 268 g/mol. The molecule has 2 atom stereocenters. The molecule has 1 aliphatic heterocycles. The minimum absolute atomic E-state index is 0.0204. The van der Waals surface area contributed by atoms with Crippen LogP contribution in [-0.2, 0) is 9.53 Å². The Bertz CT molecular complexity index is 504. The standard InChI is InChI=1S/C16H24N2O3/c1-11-5-6-15(20-4)14(9-11)17-16(19)13(3)18-7-8-21-12(2)10-18/h5-6,9,12-13H,7-8,10H2,1-4H3,(H,17,19)/t12-,13-/m0/s1. The monoisotopic (exact) mass is 292 g/mol. The first-order valence-corrected chi connectivity index (χ1v) is 7.32. The van der Waals surface area contributed by atoms with Crippen LogP contribution in [0, 0.1) is 6.92 Å². The van der Waals surface area contributed by atoms with Gasteiger partial charge in [-0.2, -0.15) is 0 Å². The lowest BCUT2D eigenvalue weighted by molar-refractivity contribution is -0.123. The minimum atomic E-state index is -0.193. The van der Waals surface area contributed by atoms with Gasteiger partial charge < -0.3 is 14.8 Å². The third kappa shape index (κ3) is 3.95. The zero-order valence-electron chi connectivity index (χ0n) is 13.2. The molecule has 5 nitrogen and oxygen atoms in total. The van der Waals surface area contributed by atoms with Gasteiger partial charge in [0.05, 0.1) is 31.5 Å². The van der Waals surface area contributed by atoms with E-state index in [-0.39, 0.29) is 18.1 Å². The Hall–Kier alpha value is -1.59. The number of benzene rings is 1. The van der Waals surface area contributed by atoms with Gasteiger partial charge in [0.15, 0.2) is 0 Å². The van der Waals surface area contributed by atoms with Gasteiger partial charge in [-0.15, -0.1) is 0 Å². The van der Waals surface area contributed by atoms with Gasteiger partial charge in [-0.1, -0.05) is 6.07 Å². The van der Waals surface area contributed by atoms with E-state index in [1.165, 1.54) is 0 Å². The highest BCUT2D eigenvalue weighted by Gasteiger charge is 2.26. The molecule has 116 valence electrons. The van der Waals surface area contributed by atoms with Crippen molar-refractivity contribution in [3.63, 3.8) is 0 Å². The normalized spacial score (nSPS) is 20.9. The lowest BCUT2D eigenvalue weighted by atomic mass is 10.1. The number of hydrogen-bond acceptors (Lipinski definition) is 4. The fourth-order valence-corrected chi connectivity index (χ4v) is 2.52. The maximum absolute atomic E-state index is 12.4. The number of anilines is 1. The summed E-state index contributed by atoms with van der Waals surface area (Å²) in [6, 6.07) is 5.56.